The molecular weight excluding hydrogens is 182 g/mol. The first-order chi connectivity index (χ1) is 6.67. The molecule has 82 valence electrons. The van der Waals surface area contributed by atoms with Gasteiger partial charge in [-0.1, -0.05) is 6.08 Å². The monoisotopic (exact) mass is 201 g/mol. The number of rotatable bonds is 7. The van der Waals surface area contributed by atoms with Gasteiger partial charge < -0.3 is 9.84 Å². The van der Waals surface area contributed by atoms with Gasteiger partial charge in [0, 0.05) is 13.1 Å². The van der Waals surface area contributed by atoms with Crippen molar-refractivity contribution in [2.45, 2.75) is 19.9 Å². The molecule has 1 atom stereocenters. The fourth-order valence-corrected chi connectivity index (χ4v) is 1.15. The van der Waals surface area contributed by atoms with Gasteiger partial charge in [-0.05, 0) is 13.8 Å². The summed E-state index contributed by atoms with van der Waals surface area (Å²) in [6, 6.07) is -0.333. The van der Waals surface area contributed by atoms with Gasteiger partial charge in [0.1, 0.15) is 6.04 Å². The number of carbonyl (C=O) groups excluding carboxylic acids is 1. The lowest BCUT2D eigenvalue weighted by Crippen LogP contribution is -2.41. The van der Waals surface area contributed by atoms with E-state index in [1.807, 2.05) is 4.90 Å². The molecule has 0 fully saturated rings. The average Bonchev–Trinajstić information content (AvgIpc) is 2.17. The normalized spacial score (nSPS) is 12.6. The summed E-state index contributed by atoms with van der Waals surface area (Å²) in [7, 11) is 0. The number of hydrogen-bond donors (Lipinski definition) is 1. The van der Waals surface area contributed by atoms with Gasteiger partial charge in [0.05, 0.1) is 13.2 Å². The maximum absolute atomic E-state index is 11.4. The van der Waals surface area contributed by atoms with Crippen LogP contribution in [0, 0.1) is 0 Å². The summed E-state index contributed by atoms with van der Waals surface area (Å²) in [5.74, 6) is -0.261. The molecular formula is C10H19NO3. The number of carbonyl (C=O) groups is 1. The third kappa shape index (κ3) is 4.39. The van der Waals surface area contributed by atoms with Crippen LogP contribution in [0.3, 0.4) is 0 Å². The van der Waals surface area contributed by atoms with Gasteiger partial charge in [-0.2, -0.15) is 0 Å². The van der Waals surface area contributed by atoms with Crippen molar-refractivity contribution < 1.29 is 14.6 Å². The molecule has 0 aliphatic carbocycles. The molecule has 0 aliphatic rings. The highest BCUT2D eigenvalue weighted by Crippen LogP contribution is 2.01. The molecule has 0 saturated heterocycles. The minimum Gasteiger partial charge on any atom is -0.465 e. The molecule has 0 aromatic carbocycles. The maximum Gasteiger partial charge on any atom is 0.323 e. The second kappa shape index (κ2) is 7.53. The Bertz CT molecular complexity index is 182. The van der Waals surface area contributed by atoms with Gasteiger partial charge in [0.15, 0.2) is 0 Å². The predicted molar refractivity (Wildman–Crippen MR) is 55.0 cm³/mol. The molecule has 4 heteroatoms. The smallest absolute Gasteiger partial charge is 0.323 e. The fourth-order valence-electron chi connectivity index (χ4n) is 1.15. The van der Waals surface area contributed by atoms with Crippen LogP contribution in [0.1, 0.15) is 13.8 Å². The van der Waals surface area contributed by atoms with Gasteiger partial charge in [-0.15, -0.1) is 6.58 Å². The third-order valence-electron chi connectivity index (χ3n) is 1.93. The van der Waals surface area contributed by atoms with E-state index in [0.29, 0.717) is 19.7 Å². The van der Waals surface area contributed by atoms with E-state index in [1.165, 1.54) is 0 Å². The molecule has 0 aromatic rings. The predicted octanol–water partition coefficient (Wildman–Crippen LogP) is 0.418. The van der Waals surface area contributed by atoms with E-state index in [1.54, 1.807) is 19.9 Å². The Hall–Kier alpha value is -0.870. The third-order valence-corrected chi connectivity index (χ3v) is 1.93. The zero-order chi connectivity index (χ0) is 11.0. The van der Waals surface area contributed by atoms with Crippen LogP contribution in [0.2, 0.25) is 0 Å². The first-order valence-electron chi connectivity index (χ1n) is 4.79. The van der Waals surface area contributed by atoms with Crippen LogP contribution < -0.4 is 0 Å². The Balaban J connectivity index is 4.17. The van der Waals surface area contributed by atoms with Crippen LogP contribution in [0.4, 0.5) is 0 Å². The van der Waals surface area contributed by atoms with E-state index in [-0.39, 0.29) is 18.6 Å². The molecule has 0 saturated carbocycles. The largest absolute Gasteiger partial charge is 0.465 e. The molecule has 0 heterocycles. The number of aliphatic hydroxyl groups is 1. The standard InChI is InChI=1S/C10H19NO3/c1-4-6-11(7-8-12)9(3)10(13)14-5-2/h4,9,12H,1,5-8H2,2-3H3. The average molecular weight is 201 g/mol. The number of hydrogen-bond acceptors (Lipinski definition) is 4. The zero-order valence-corrected chi connectivity index (χ0v) is 8.90. The van der Waals surface area contributed by atoms with Crippen molar-refractivity contribution in [2.75, 3.05) is 26.3 Å². The fraction of sp³-hybridized carbons (Fsp3) is 0.700. The van der Waals surface area contributed by atoms with Crippen molar-refractivity contribution in [3.63, 3.8) is 0 Å². The SMILES string of the molecule is C=CCN(CCO)C(C)C(=O)OCC. The summed E-state index contributed by atoms with van der Waals surface area (Å²) < 4.78 is 4.88. The van der Waals surface area contributed by atoms with Gasteiger partial charge in [0.2, 0.25) is 0 Å². The number of ether oxygens (including phenoxy) is 1. The molecule has 1 N–H and O–H groups in total. The van der Waals surface area contributed by atoms with Crippen molar-refractivity contribution >= 4 is 5.97 Å². The van der Waals surface area contributed by atoms with E-state index in [4.69, 9.17) is 9.84 Å². The van der Waals surface area contributed by atoms with Gasteiger partial charge in [0.25, 0.3) is 0 Å². The highest BCUT2D eigenvalue weighted by molar-refractivity contribution is 5.75. The first kappa shape index (κ1) is 13.1. The summed E-state index contributed by atoms with van der Waals surface area (Å²) in [5.41, 5.74) is 0. The Morgan fingerprint density at radius 1 is 1.71 bits per heavy atom. The van der Waals surface area contributed by atoms with Gasteiger partial charge in [-0.25, -0.2) is 0 Å². The van der Waals surface area contributed by atoms with E-state index in [0.717, 1.165) is 0 Å². The van der Waals surface area contributed by atoms with Crippen LogP contribution in [0.25, 0.3) is 0 Å². The lowest BCUT2D eigenvalue weighted by Gasteiger charge is -2.25. The molecule has 0 aliphatic heterocycles. The summed E-state index contributed by atoms with van der Waals surface area (Å²) in [6.07, 6.45) is 1.70. The van der Waals surface area contributed by atoms with E-state index < -0.39 is 0 Å². The second-order valence-corrected chi connectivity index (χ2v) is 2.94. The minimum atomic E-state index is -0.333. The lowest BCUT2D eigenvalue weighted by molar-refractivity contribution is -0.148. The lowest BCUT2D eigenvalue weighted by atomic mass is 10.3. The molecule has 0 radical (unpaired) electrons. The summed E-state index contributed by atoms with van der Waals surface area (Å²) in [5, 5.41) is 8.80. The van der Waals surface area contributed by atoms with Gasteiger partial charge in [-0.3, -0.25) is 9.69 Å². The molecule has 0 amide bonds. The number of nitrogens with zero attached hydrogens (tertiary/aromatic N) is 1. The van der Waals surface area contributed by atoms with E-state index >= 15 is 0 Å². The van der Waals surface area contributed by atoms with Crippen LogP contribution in [-0.4, -0.2) is 48.3 Å². The zero-order valence-electron chi connectivity index (χ0n) is 8.90. The molecule has 0 bridgehead atoms. The van der Waals surface area contributed by atoms with Gasteiger partial charge >= 0.3 is 5.97 Å². The van der Waals surface area contributed by atoms with Crippen LogP contribution in [0.15, 0.2) is 12.7 Å². The Morgan fingerprint density at radius 3 is 2.79 bits per heavy atom. The number of esters is 1. The molecule has 14 heavy (non-hydrogen) atoms. The quantitative estimate of drug-likeness (QED) is 0.479. The van der Waals surface area contributed by atoms with Crippen LogP contribution >= 0.6 is 0 Å². The van der Waals surface area contributed by atoms with Crippen molar-refractivity contribution in [3.8, 4) is 0 Å². The molecule has 0 rings (SSSR count). The topological polar surface area (TPSA) is 49.8 Å². The molecule has 4 nitrogen and oxygen atoms in total. The molecule has 0 spiro atoms. The molecule has 1 unspecified atom stereocenters. The van der Waals surface area contributed by atoms with Crippen LogP contribution in [-0.2, 0) is 9.53 Å². The minimum absolute atomic E-state index is 0.0254. The first-order valence-corrected chi connectivity index (χ1v) is 4.79. The van der Waals surface area contributed by atoms with Crippen molar-refractivity contribution in [1.82, 2.24) is 4.90 Å². The van der Waals surface area contributed by atoms with Crippen molar-refractivity contribution in [2.24, 2.45) is 0 Å². The van der Waals surface area contributed by atoms with Crippen LogP contribution in [0.5, 0.6) is 0 Å². The van der Waals surface area contributed by atoms with Crippen molar-refractivity contribution in [1.29, 1.82) is 0 Å². The maximum atomic E-state index is 11.4. The number of aliphatic hydroxyl groups excluding tert-OH is 1. The molecule has 0 aromatic heterocycles. The Morgan fingerprint density at radius 2 is 2.36 bits per heavy atom. The summed E-state index contributed by atoms with van der Waals surface area (Å²) >= 11 is 0. The Labute approximate surface area is 85.2 Å². The van der Waals surface area contributed by atoms with E-state index in [9.17, 15) is 4.79 Å². The highest BCUT2D eigenvalue weighted by Gasteiger charge is 2.20. The van der Waals surface area contributed by atoms with Crippen molar-refractivity contribution in [3.05, 3.63) is 12.7 Å². The second-order valence-electron chi connectivity index (χ2n) is 2.94. The highest BCUT2D eigenvalue weighted by atomic mass is 16.5. The summed E-state index contributed by atoms with van der Waals surface area (Å²) in [4.78, 5) is 13.2. The van der Waals surface area contributed by atoms with E-state index in [2.05, 4.69) is 6.58 Å². The Kier molecular flexibility index (Phi) is 7.06. The summed E-state index contributed by atoms with van der Waals surface area (Å²) in [6.45, 7) is 8.55.